The molecule has 0 bridgehead atoms. The summed E-state index contributed by atoms with van der Waals surface area (Å²) in [4.78, 5) is 0. The van der Waals surface area contributed by atoms with Gasteiger partial charge >= 0.3 is 6.18 Å². The number of benzene rings is 1. The van der Waals surface area contributed by atoms with Gasteiger partial charge in [0, 0.05) is 13.0 Å². The monoisotopic (exact) mass is 364 g/mol. The second-order valence-corrected chi connectivity index (χ2v) is 6.17. The molecule has 0 atom stereocenters. The third kappa shape index (κ3) is 4.00. The number of hydrogen-bond donors (Lipinski definition) is 0. The molecule has 0 fully saturated rings. The van der Waals surface area contributed by atoms with E-state index >= 15 is 0 Å². The molecule has 0 unspecified atom stereocenters. The maximum atomic E-state index is 12.7. The quantitative estimate of drug-likeness (QED) is 0.585. The van der Waals surface area contributed by atoms with E-state index in [-0.39, 0.29) is 11.0 Å². The van der Waals surface area contributed by atoms with Gasteiger partial charge in [-0.3, -0.25) is 0 Å². The SMILES string of the molecule is CC(c1nnc(C(F)(F)F)s1)=[N+](c1cccc(OCl)c1)C(C)C. The molecule has 0 aliphatic rings. The van der Waals surface area contributed by atoms with Crippen LogP contribution in [0.4, 0.5) is 18.9 Å². The van der Waals surface area contributed by atoms with Crippen LogP contribution in [-0.4, -0.2) is 26.5 Å². The largest absolute Gasteiger partial charge is 0.445 e. The van der Waals surface area contributed by atoms with Crippen molar-refractivity contribution in [3.63, 3.8) is 0 Å². The highest BCUT2D eigenvalue weighted by Gasteiger charge is 2.36. The highest BCUT2D eigenvalue weighted by molar-refractivity contribution is 7.13. The number of nitrogens with zero attached hydrogens (tertiary/aromatic N) is 3. The van der Waals surface area contributed by atoms with E-state index in [1.807, 2.05) is 24.5 Å². The lowest BCUT2D eigenvalue weighted by Gasteiger charge is -2.09. The molecular formula is C14H14ClF3N3OS+. The maximum absolute atomic E-state index is 12.7. The van der Waals surface area contributed by atoms with Gasteiger partial charge in [-0.15, -0.1) is 10.2 Å². The predicted molar refractivity (Wildman–Crippen MR) is 82.7 cm³/mol. The fourth-order valence-electron chi connectivity index (χ4n) is 2.15. The van der Waals surface area contributed by atoms with Crippen LogP contribution in [0.15, 0.2) is 24.3 Å². The average molecular weight is 365 g/mol. The Labute approximate surface area is 140 Å². The van der Waals surface area contributed by atoms with Crippen molar-refractivity contribution in [3.8, 4) is 5.75 Å². The average Bonchev–Trinajstić information content (AvgIpc) is 2.97. The molecule has 0 aliphatic carbocycles. The Hall–Kier alpha value is -1.67. The number of aromatic nitrogens is 2. The van der Waals surface area contributed by atoms with E-state index < -0.39 is 11.2 Å². The summed E-state index contributed by atoms with van der Waals surface area (Å²) in [5, 5.41) is 6.14. The maximum Gasteiger partial charge on any atom is 0.445 e. The molecule has 1 aromatic carbocycles. The summed E-state index contributed by atoms with van der Waals surface area (Å²) >= 11 is 5.88. The molecule has 0 aliphatic heterocycles. The summed E-state index contributed by atoms with van der Waals surface area (Å²) in [6.07, 6.45) is -4.49. The van der Waals surface area contributed by atoms with Crippen molar-refractivity contribution >= 4 is 34.6 Å². The molecule has 2 aromatic rings. The van der Waals surface area contributed by atoms with Gasteiger partial charge in [0.25, 0.3) is 0 Å². The van der Waals surface area contributed by atoms with Crippen LogP contribution >= 0.6 is 23.2 Å². The second-order valence-electron chi connectivity index (χ2n) is 5.03. The molecule has 0 saturated heterocycles. The summed E-state index contributed by atoms with van der Waals surface area (Å²) in [6.45, 7) is 5.54. The van der Waals surface area contributed by atoms with Gasteiger partial charge in [-0.2, -0.15) is 17.7 Å². The fourth-order valence-corrected chi connectivity index (χ4v) is 2.95. The van der Waals surface area contributed by atoms with Gasteiger partial charge in [0.1, 0.15) is 11.9 Å². The number of halogens is 4. The third-order valence-corrected chi connectivity index (χ3v) is 4.29. The molecule has 0 saturated carbocycles. The molecule has 0 N–H and O–H groups in total. The molecule has 0 spiro atoms. The van der Waals surface area contributed by atoms with Crippen molar-refractivity contribution in [3.05, 3.63) is 34.3 Å². The van der Waals surface area contributed by atoms with Crippen molar-refractivity contribution in [2.45, 2.75) is 33.0 Å². The lowest BCUT2D eigenvalue weighted by Crippen LogP contribution is -2.22. The molecular weight excluding hydrogens is 351 g/mol. The summed E-state index contributed by atoms with van der Waals surface area (Å²) in [5.41, 5.74) is 1.30. The zero-order valence-electron chi connectivity index (χ0n) is 12.6. The predicted octanol–water partition coefficient (Wildman–Crippen LogP) is 4.65. The zero-order chi connectivity index (χ0) is 17.2. The Bertz CT molecular complexity index is 728. The van der Waals surface area contributed by atoms with E-state index in [2.05, 4.69) is 14.5 Å². The lowest BCUT2D eigenvalue weighted by molar-refractivity contribution is -0.475. The first-order valence-corrected chi connectivity index (χ1v) is 7.79. The van der Waals surface area contributed by atoms with Gasteiger partial charge in [-0.25, -0.2) is 0 Å². The summed E-state index contributed by atoms with van der Waals surface area (Å²) in [6, 6.07) is 6.92. The van der Waals surface area contributed by atoms with Crippen molar-refractivity contribution in [2.75, 3.05) is 0 Å². The summed E-state index contributed by atoms with van der Waals surface area (Å²) < 4.78 is 44.6. The van der Waals surface area contributed by atoms with Gasteiger partial charge in [-0.05, 0) is 19.9 Å². The van der Waals surface area contributed by atoms with Crippen LogP contribution in [0.3, 0.4) is 0 Å². The lowest BCUT2D eigenvalue weighted by atomic mass is 10.2. The van der Waals surface area contributed by atoms with Crippen LogP contribution in [0.25, 0.3) is 0 Å². The van der Waals surface area contributed by atoms with E-state index in [1.54, 1.807) is 25.1 Å². The molecule has 1 aromatic heterocycles. The topological polar surface area (TPSA) is 38.0 Å². The number of hydrogen-bond acceptors (Lipinski definition) is 4. The normalized spacial score (nSPS) is 13.2. The van der Waals surface area contributed by atoms with E-state index in [0.29, 0.717) is 22.8 Å². The zero-order valence-corrected chi connectivity index (χ0v) is 14.1. The van der Waals surface area contributed by atoms with Crippen molar-refractivity contribution < 1.29 is 22.0 Å². The number of rotatable bonds is 4. The Kier molecular flexibility index (Phi) is 5.26. The minimum absolute atomic E-state index is 0.0150. The molecule has 124 valence electrons. The molecule has 2 rings (SSSR count). The molecule has 23 heavy (non-hydrogen) atoms. The van der Waals surface area contributed by atoms with Gasteiger partial charge < -0.3 is 4.29 Å². The van der Waals surface area contributed by atoms with Crippen LogP contribution in [-0.2, 0) is 6.18 Å². The highest BCUT2D eigenvalue weighted by Crippen LogP contribution is 2.32. The Morgan fingerprint density at radius 1 is 1.30 bits per heavy atom. The second kappa shape index (κ2) is 6.84. The smallest absolute Gasteiger partial charge is 0.385 e. The first kappa shape index (κ1) is 17.7. The van der Waals surface area contributed by atoms with E-state index in [9.17, 15) is 13.2 Å². The molecule has 9 heteroatoms. The first-order chi connectivity index (χ1) is 10.7. The summed E-state index contributed by atoms with van der Waals surface area (Å²) in [5.74, 6) is 0.441. The van der Waals surface area contributed by atoms with E-state index in [1.165, 1.54) is 0 Å². The minimum Gasteiger partial charge on any atom is -0.385 e. The van der Waals surface area contributed by atoms with Gasteiger partial charge in [0.05, 0.1) is 6.07 Å². The number of alkyl halides is 3. The standard InChI is InChI=1S/C14H14ClF3N3OS/c1-8(2)21(10-5-4-6-11(7-10)22-15)9(3)12-19-20-13(23-12)14(16,17)18/h4-8H,1-3H3/q+1. The molecule has 1 heterocycles. The van der Waals surface area contributed by atoms with E-state index in [4.69, 9.17) is 11.9 Å². The summed E-state index contributed by atoms with van der Waals surface area (Å²) in [7, 11) is 0. The molecule has 0 radical (unpaired) electrons. The van der Waals surface area contributed by atoms with Crippen LogP contribution in [0.5, 0.6) is 5.75 Å². The van der Waals surface area contributed by atoms with Crippen molar-refractivity contribution in [1.82, 2.24) is 10.2 Å². The Balaban J connectivity index is 2.53. The van der Waals surface area contributed by atoms with Gasteiger partial charge in [-0.1, -0.05) is 17.4 Å². The van der Waals surface area contributed by atoms with Crippen LogP contribution in [0.2, 0.25) is 0 Å². The van der Waals surface area contributed by atoms with Crippen LogP contribution in [0, 0.1) is 0 Å². The van der Waals surface area contributed by atoms with Crippen LogP contribution < -0.4 is 4.29 Å². The fraction of sp³-hybridized carbons (Fsp3) is 0.357. The third-order valence-electron chi connectivity index (χ3n) is 3.04. The molecule has 4 nitrogen and oxygen atoms in total. The Morgan fingerprint density at radius 3 is 2.52 bits per heavy atom. The van der Waals surface area contributed by atoms with Crippen molar-refractivity contribution in [1.29, 1.82) is 0 Å². The van der Waals surface area contributed by atoms with Gasteiger partial charge in [0.2, 0.25) is 21.4 Å². The van der Waals surface area contributed by atoms with Crippen LogP contribution in [0.1, 0.15) is 30.8 Å². The van der Waals surface area contributed by atoms with Crippen molar-refractivity contribution in [2.24, 2.45) is 0 Å². The van der Waals surface area contributed by atoms with E-state index in [0.717, 1.165) is 5.69 Å². The minimum atomic E-state index is -4.49. The van der Waals surface area contributed by atoms with Gasteiger partial charge in [0.15, 0.2) is 11.8 Å². The highest BCUT2D eigenvalue weighted by atomic mass is 35.5. The Morgan fingerprint density at radius 2 is 2.00 bits per heavy atom. The molecule has 0 amide bonds. The first-order valence-electron chi connectivity index (χ1n) is 6.66.